The fraction of sp³-hybridized carbons (Fsp3) is 0.412. The molecule has 0 bridgehead atoms. The van der Waals surface area contributed by atoms with Crippen LogP contribution in [0.25, 0.3) is 0 Å². The third-order valence-corrected chi connectivity index (χ3v) is 5.09. The molecule has 0 aliphatic carbocycles. The van der Waals surface area contributed by atoms with Gasteiger partial charge in [-0.15, -0.1) is 11.3 Å². The second kappa shape index (κ2) is 7.57. The lowest BCUT2D eigenvalue weighted by molar-refractivity contribution is 0.0934. The Bertz CT molecular complexity index is 639. The summed E-state index contributed by atoms with van der Waals surface area (Å²) >= 11 is 1.74. The zero-order chi connectivity index (χ0) is 16.1. The summed E-state index contributed by atoms with van der Waals surface area (Å²) in [5.74, 6) is 0.217. The summed E-state index contributed by atoms with van der Waals surface area (Å²) in [7, 11) is 1.53. The van der Waals surface area contributed by atoms with Crippen LogP contribution in [0, 0.1) is 0 Å². The summed E-state index contributed by atoms with van der Waals surface area (Å²) in [5, 5.41) is 5.13. The predicted octanol–water partition coefficient (Wildman–Crippen LogP) is 2.72. The maximum absolute atomic E-state index is 12.5. The first kappa shape index (κ1) is 16.0. The van der Waals surface area contributed by atoms with Gasteiger partial charge in [0.25, 0.3) is 5.91 Å². The molecule has 122 valence electrons. The Kier molecular flexibility index (Phi) is 5.25. The van der Waals surface area contributed by atoms with Gasteiger partial charge in [0.15, 0.2) is 0 Å². The third kappa shape index (κ3) is 3.71. The first-order chi connectivity index (χ1) is 11.3. The maximum atomic E-state index is 12.5. The van der Waals surface area contributed by atoms with Gasteiger partial charge in [-0.25, -0.2) is 4.98 Å². The number of ether oxygens (including phenoxy) is 1. The largest absolute Gasteiger partial charge is 0.480 e. The molecule has 3 heterocycles. The van der Waals surface area contributed by atoms with E-state index in [1.165, 1.54) is 24.8 Å². The second-order valence-electron chi connectivity index (χ2n) is 5.54. The van der Waals surface area contributed by atoms with Crippen LogP contribution in [0.5, 0.6) is 5.88 Å². The van der Waals surface area contributed by atoms with Crippen molar-refractivity contribution in [1.29, 1.82) is 0 Å². The molecule has 2 aromatic heterocycles. The minimum Gasteiger partial charge on any atom is -0.480 e. The van der Waals surface area contributed by atoms with Gasteiger partial charge >= 0.3 is 0 Å². The number of rotatable bonds is 6. The molecule has 23 heavy (non-hydrogen) atoms. The molecule has 0 aromatic carbocycles. The van der Waals surface area contributed by atoms with Crippen molar-refractivity contribution in [2.45, 2.75) is 18.9 Å². The average molecular weight is 331 g/mol. The monoisotopic (exact) mass is 331 g/mol. The zero-order valence-electron chi connectivity index (χ0n) is 13.2. The van der Waals surface area contributed by atoms with Crippen molar-refractivity contribution < 1.29 is 9.53 Å². The lowest BCUT2D eigenvalue weighted by Gasteiger charge is -2.27. The number of nitrogens with one attached hydrogen (secondary N) is 1. The Morgan fingerprint density at radius 2 is 2.22 bits per heavy atom. The van der Waals surface area contributed by atoms with Crippen LogP contribution in [-0.2, 0) is 0 Å². The minimum atomic E-state index is -0.143. The number of hydrogen-bond acceptors (Lipinski definition) is 5. The van der Waals surface area contributed by atoms with Crippen molar-refractivity contribution in [3.05, 3.63) is 46.3 Å². The fourth-order valence-electron chi connectivity index (χ4n) is 2.95. The second-order valence-corrected chi connectivity index (χ2v) is 6.52. The van der Waals surface area contributed by atoms with E-state index in [1.54, 1.807) is 29.7 Å². The van der Waals surface area contributed by atoms with E-state index in [1.807, 2.05) is 0 Å². The number of nitrogens with zero attached hydrogens (tertiary/aromatic N) is 2. The number of thiophene rings is 1. The van der Waals surface area contributed by atoms with E-state index in [-0.39, 0.29) is 11.9 Å². The van der Waals surface area contributed by atoms with Crippen molar-refractivity contribution in [2.75, 3.05) is 26.7 Å². The van der Waals surface area contributed by atoms with E-state index in [0.29, 0.717) is 18.0 Å². The molecule has 0 saturated carbocycles. The lowest BCUT2D eigenvalue weighted by Crippen LogP contribution is -2.36. The van der Waals surface area contributed by atoms with E-state index in [9.17, 15) is 4.79 Å². The molecule has 1 atom stereocenters. The van der Waals surface area contributed by atoms with Gasteiger partial charge in [0, 0.05) is 17.6 Å². The lowest BCUT2D eigenvalue weighted by atomic mass is 10.2. The van der Waals surface area contributed by atoms with E-state index in [4.69, 9.17) is 4.74 Å². The molecule has 1 aliphatic heterocycles. The Hall–Kier alpha value is -1.92. The van der Waals surface area contributed by atoms with Gasteiger partial charge < -0.3 is 10.1 Å². The number of carbonyl (C=O) groups excluding carboxylic acids is 1. The molecule has 1 amide bonds. The molecule has 2 aromatic rings. The molecule has 1 fully saturated rings. The van der Waals surface area contributed by atoms with Gasteiger partial charge in [-0.05, 0) is 49.5 Å². The van der Waals surface area contributed by atoms with E-state index >= 15 is 0 Å². The van der Waals surface area contributed by atoms with E-state index < -0.39 is 0 Å². The molecular weight excluding hydrogens is 310 g/mol. The summed E-state index contributed by atoms with van der Waals surface area (Å²) in [6, 6.07) is 7.93. The average Bonchev–Trinajstić information content (AvgIpc) is 3.29. The first-order valence-electron chi connectivity index (χ1n) is 7.84. The Morgan fingerprint density at radius 1 is 1.39 bits per heavy atom. The normalized spacial score (nSPS) is 16.2. The molecule has 0 unspecified atom stereocenters. The van der Waals surface area contributed by atoms with Crippen molar-refractivity contribution in [1.82, 2.24) is 15.2 Å². The van der Waals surface area contributed by atoms with Crippen molar-refractivity contribution >= 4 is 17.2 Å². The SMILES string of the molecule is COc1ncccc1C(=O)NC[C@H](c1cccs1)N1CCCC1. The summed E-state index contributed by atoms with van der Waals surface area (Å²) in [6.07, 6.45) is 4.08. The molecule has 6 heteroatoms. The Labute approximate surface area is 140 Å². The van der Waals surface area contributed by atoms with Crippen LogP contribution in [0.2, 0.25) is 0 Å². The third-order valence-electron chi connectivity index (χ3n) is 4.12. The fourth-order valence-corrected chi connectivity index (χ4v) is 3.82. The topological polar surface area (TPSA) is 54.5 Å². The highest BCUT2D eigenvalue weighted by molar-refractivity contribution is 7.10. The Balaban J connectivity index is 1.70. The zero-order valence-corrected chi connectivity index (χ0v) is 14.0. The number of pyridine rings is 1. The number of aromatic nitrogens is 1. The van der Waals surface area contributed by atoms with Gasteiger partial charge in [-0.1, -0.05) is 6.07 Å². The summed E-state index contributed by atoms with van der Waals surface area (Å²) in [5.41, 5.74) is 0.473. The number of hydrogen-bond donors (Lipinski definition) is 1. The standard InChI is InChI=1S/C17H21N3O2S/c1-22-17-13(6-4-8-18-17)16(21)19-12-14(15-7-5-11-23-15)20-9-2-3-10-20/h4-8,11,14H,2-3,9-10,12H2,1H3,(H,19,21)/t14-/m1/s1. The van der Waals surface area contributed by atoms with Crippen molar-refractivity contribution in [3.63, 3.8) is 0 Å². The minimum absolute atomic E-state index is 0.143. The van der Waals surface area contributed by atoms with Crippen LogP contribution in [0.15, 0.2) is 35.8 Å². The highest BCUT2D eigenvalue weighted by Gasteiger charge is 2.25. The molecule has 5 nitrogen and oxygen atoms in total. The maximum Gasteiger partial charge on any atom is 0.256 e. The van der Waals surface area contributed by atoms with E-state index in [0.717, 1.165) is 13.1 Å². The van der Waals surface area contributed by atoms with Gasteiger partial charge in [0.05, 0.1) is 13.2 Å². The molecule has 3 rings (SSSR count). The van der Waals surface area contributed by atoms with Gasteiger partial charge in [0.2, 0.25) is 5.88 Å². The first-order valence-corrected chi connectivity index (χ1v) is 8.72. The van der Waals surface area contributed by atoms with Gasteiger partial charge in [0.1, 0.15) is 5.56 Å². The molecule has 1 aliphatic rings. The van der Waals surface area contributed by atoms with Crippen LogP contribution < -0.4 is 10.1 Å². The van der Waals surface area contributed by atoms with Crippen molar-refractivity contribution in [2.24, 2.45) is 0 Å². The molecule has 1 N–H and O–H groups in total. The van der Waals surface area contributed by atoms with Crippen LogP contribution >= 0.6 is 11.3 Å². The van der Waals surface area contributed by atoms with Crippen LogP contribution in [0.3, 0.4) is 0 Å². The van der Waals surface area contributed by atoms with Crippen molar-refractivity contribution in [3.8, 4) is 5.88 Å². The smallest absolute Gasteiger partial charge is 0.256 e. The quantitative estimate of drug-likeness (QED) is 0.884. The molecule has 0 spiro atoms. The molecule has 0 radical (unpaired) electrons. The molecule has 1 saturated heterocycles. The Morgan fingerprint density at radius 3 is 2.91 bits per heavy atom. The highest BCUT2D eigenvalue weighted by Crippen LogP contribution is 2.28. The molecular formula is C17H21N3O2S. The number of likely N-dealkylation sites (tertiary alicyclic amines) is 1. The predicted molar refractivity (Wildman–Crippen MR) is 91.0 cm³/mol. The van der Waals surface area contributed by atoms with Crippen LogP contribution in [0.4, 0.5) is 0 Å². The van der Waals surface area contributed by atoms with Gasteiger partial charge in [-0.2, -0.15) is 0 Å². The van der Waals surface area contributed by atoms with Gasteiger partial charge in [-0.3, -0.25) is 9.69 Å². The highest BCUT2D eigenvalue weighted by atomic mass is 32.1. The number of carbonyl (C=O) groups is 1. The number of methoxy groups -OCH3 is 1. The van der Waals surface area contributed by atoms with E-state index in [2.05, 4.69) is 32.7 Å². The van der Waals surface area contributed by atoms with Crippen LogP contribution in [-0.4, -0.2) is 42.5 Å². The summed E-state index contributed by atoms with van der Waals surface area (Å²) in [6.45, 7) is 2.78. The van der Waals surface area contributed by atoms with Crippen LogP contribution in [0.1, 0.15) is 34.1 Å². The summed E-state index contributed by atoms with van der Waals surface area (Å²) in [4.78, 5) is 20.3. The summed E-state index contributed by atoms with van der Waals surface area (Å²) < 4.78 is 5.17. The number of amides is 1.